The molecule has 3 N–H and O–H groups in total. The van der Waals surface area contributed by atoms with Gasteiger partial charge in [-0.15, -0.1) is 0 Å². The fourth-order valence-electron chi connectivity index (χ4n) is 1.88. The van der Waals surface area contributed by atoms with E-state index in [0.717, 1.165) is 49.8 Å². The van der Waals surface area contributed by atoms with Crippen LogP contribution in [0.2, 0.25) is 0 Å². The number of anilines is 2. The van der Waals surface area contributed by atoms with Gasteiger partial charge in [-0.05, 0) is 25.7 Å². The van der Waals surface area contributed by atoms with Crippen molar-refractivity contribution in [2.24, 2.45) is 5.92 Å². The predicted molar refractivity (Wildman–Crippen MR) is 79.5 cm³/mol. The van der Waals surface area contributed by atoms with E-state index < -0.39 is 0 Å². The quantitative estimate of drug-likeness (QED) is 0.640. The van der Waals surface area contributed by atoms with Gasteiger partial charge in [0.15, 0.2) is 0 Å². The first kappa shape index (κ1) is 15.7. The van der Waals surface area contributed by atoms with Gasteiger partial charge in [0, 0.05) is 25.8 Å². The Labute approximate surface area is 115 Å². The molecule has 0 aromatic carbocycles. The van der Waals surface area contributed by atoms with Gasteiger partial charge < -0.3 is 15.7 Å². The summed E-state index contributed by atoms with van der Waals surface area (Å²) in [5.74, 6) is 2.96. The zero-order valence-corrected chi connectivity index (χ0v) is 12.2. The van der Waals surface area contributed by atoms with Crippen LogP contribution < -0.4 is 10.6 Å². The number of nitrogens with one attached hydrogen (secondary N) is 2. The first-order chi connectivity index (χ1) is 9.19. The van der Waals surface area contributed by atoms with Crippen LogP contribution >= 0.6 is 0 Å². The Morgan fingerprint density at radius 1 is 1.21 bits per heavy atom. The Morgan fingerprint density at radius 2 is 1.89 bits per heavy atom. The van der Waals surface area contributed by atoms with Crippen LogP contribution in [0.4, 0.5) is 11.6 Å². The molecule has 1 rings (SSSR count). The van der Waals surface area contributed by atoms with Crippen molar-refractivity contribution in [3.63, 3.8) is 0 Å². The van der Waals surface area contributed by atoms with Crippen molar-refractivity contribution in [2.75, 3.05) is 30.3 Å². The molecule has 108 valence electrons. The molecular weight excluding hydrogens is 240 g/mol. The van der Waals surface area contributed by atoms with Gasteiger partial charge in [0.25, 0.3) is 0 Å². The Kier molecular flexibility index (Phi) is 7.18. The third-order valence-electron chi connectivity index (χ3n) is 3.08. The fourth-order valence-corrected chi connectivity index (χ4v) is 1.88. The summed E-state index contributed by atoms with van der Waals surface area (Å²) < 4.78 is 0. The van der Waals surface area contributed by atoms with E-state index in [2.05, 4.69) is 34.4 Å². The van der Waals surface area contributed by atoms with Crippen LogP contribution in [0.3, 0.4) is 0 Å². The number of aryl methyl sites for hydroxylation is 1. The molecule has 0 saturated carbocycles. The van der Waals surface area contributed by atoms with E-state index in [4.69, 9.17) is 5.11 Å². The standard InChI is InChI=1S/C14H26N4O/c1-4-7-15-13-9-14(18-11(3)17-13)16-10-12(5-2)6-8-19/h9,12,19H,4-8,10H2,1-3H3,(H2,15,16,17,18). The van der Waals surface area contributed by atoms with Crippen molar-refractivity contribution in [3.8, 4) is 0 Å². The lowest BCUT2D eigenvalue weighted by atomic mass is 10.0. The molecular formula is C14H26N4O. The van der Waals surface area contributed by atoms with Crippen LogP contribution in [-0.4, -0.2) is 34.8 Å². The van der Waals surface area contributed by atoms with Gasteiger partial charge in [-0.2, -0.15) is 0 Å². The summed E-state index contributed by atoms with van der Waals surface area (Å²) in [6, 6.07) is 1.94. The third kappa shape index (κ3) is 5.87. The maximum Gasteiger partial charge on any atom is 0.131 e. The van der Waals surface area contributed by atoms with Gasteiger partial charge in [-0.25, -0.2) is 9.97 Å². The minimum absolute atomic E-state index is 0.242. The van der Waals surface area contributed by atoms with Crippen LogP contribution in [0.25, 0.3) is 0 Å². The second-order valence-electron chi connectivity index (χ2n) is 4.78. The average Bonchev–Trinajstić information content (AvgIpc) is 2.40. The summed E-state index contributed by atoms with van der Waals surface area (Å²) in [5, 5.41) is 15.6. The van der Waals surface area contributed by atoms with Crippen LogP contribution in [-0.2, 0) is 0 Å². The molecule has 0 radical (unpaired) electrons. The molecule has 5 heteroatoms. The molecule has 1 heterocycles. The number of hydrogen-bond acceptors (Lipinski definition) is 5. The van der Waals surface area contributed by atoms with Gasteiger partial charge in [0.2, 0.25) is 0 Å². The maximum atomic E-state index is 8.99. The van der Waals surface area contributed by atoms with Crippen molar-refractivity contribution in [1.29, 1.82) is 0 Å². The Bertz CT molecular complexity index is 370. The van der Waals surface area contributed by atoms with E-state index in [9.17, 15) is 0 Å². The van der Waals surface area contributed by atoms with Crippen LogP contribution in [0.5, 0.6) is 0 Å². The van der Waals surface area contributed by atoms with Gasteiger partial charge in [-0.3, -0.25) is 0 Å². The highest BCUT2D eigenvalue weighted by atomic mass is 16.3. The Hall–Kier alpha value is -1.36. The lowest BCUT2D eigenvalue weighted by Crippen LogP contribution is -2.16. The minimum Gasteiger partial charge on any atom is -0.396 e. The van der Waals surface area contributed by atoms with E-state index in [1.165, 1.54) is 0 Å². The van der Waals surface area contributed by atoms with E-state index in [0.29, 0.717) is 5.92 Å². The van der Waals surface area contributed by atoms with Crippen LogP contribution in [0, 0.1) is 12.8 Å². The molecule has 0 aliphatic heterocycles. The van der Waals surface area contributed by atoms with Crippen molar-refractivity contribution in [1.82, 2.24) is 9.97 Å². The highest BCUT2D eigenvalue weighted by molar-refractivity contribution is 5.47. The second-order valence-corrected chi connectivity index (χ2v) is 4.78. The third-order valence-corrected chi connectivity index (χ3v) is 3.08. The summed E-state index contributed by atoms with van der Waals surface area (Å²) in [6.45, 7) is 8.15. The van der Waals surface area contributed by atoms with Crippen LogP contribution in [0.1, 0.15) is 38.9 Å². The number of aliphatic hydroxyl groups excluding tert-OH is 1. The first-order valence-corrected chi connectivity index (χ1v) is 7.13. The molecule has 1 aromatic rings. The SMILES string of the molecule is CCCNc1cc(NCC(CC)CCO)nc(C)n1. The van der Waals surface area contributed by atoms with Gasteiger partial charge in [0.05, 0.1) is 0 Å². The molecule has 1 atom stereocenters. The summed E-state index contributed by atoms with van der Waals surface area (Å²) in [6.07, 6.45) is 2.95. The Morgan fingerprint density at radius 3 is 2.47 bits per heavy atom. The molecule has 0 amide bonds. The molecule has 19 heavy (non-hydrogen) atoms. The smallest absolute Gasteiger partial charge is 0.131 e. The Balaban J connectivity index is 2.59. The number of hydrogen-bond donors (Lipinski definition) is 3. The van der Waals surface area contributed by atoms with E-state index in [1.807, 2.05) is 13.0 Å². The predicted octanol–water partition coefficient (Wildman–Crippen LogP) is 2.43. The van der Waals surface area contributed by atoms with Crippen molar-refractivity contribution < 1.29 is 5.11 Å². The highest BCUT2D eigenvalue weighted by Gasteiger charge is 2.07. The number of aromatic nitrogens is 2. The molecule has 1 unspecified atom stereocenters. The summed E-state index contributed by atoms with van der Waals surface area (Å²) in [7, 11) is 0. The van der Waals surface area contributed by atoms with E-state index in [-0.39, 0.29) is 6.61 Å². The molecule has 0 fully saturated rings. The topological polar surface area (TPSA) is 70.1 Å². The zero-order chi connectivity index (χ0) is 14.1. The molecule has 0 bridgehead atoms. The second kappa shape index (κ2) is 8.69. The largest absolute Gasteiger partial charge is 0.396 e. The van der Waals surface area contributed by atoms with Gasteiger partial charge in [-0.1, -0.05) is 20.3 Å². The van der Waals surface area contributed by atoms with Crippen molar-refractivity contribution >= 4 is 11.6 Å². The van der Waals surface area contributed by atoms with Crippen molar-refractivity contribution in [2.45, 2.75) is 40.0 Å². The van der Waals surface area contributed by atoms with Gasteiger partial charge in [0.1, 0.15) is 17.5 Å². The molecule has 0 aliphatic carbocycles. The summed E-state index contributed by atoms with van der Waals surface area (Å²) >= 11 is 0. The molecule has 0 aliphatic rings. The zero-order valence-electron chi connectivity index (χ0n) is 12.2. The monoisotopic (exact) mass is 266 g/mol. The normalized spacial score (nSPS) is 12.2. The van der Waals surface area contributed by atoms with Crippen LogP contribution in [0.15, 0.2) is 6.07 Å². The lowest BCUT2D eigenvalue weighted by molar-refractivity contribution is 0.258. The molecule has 1 aromatic heterocycles. The molecule has 0 spiro atoms. The number of rotatable bonds is 9. The maximum absolute atomic E-state index is 8.99. The average molecular weight is 266 g/mol. The van der Waals surface area contributed by atoms with Gasteiger partial charge >= 0.3 is 0 Å². The molecule has 0 saturated heterocycles. The summed E-state index contributed by atoms with van der Waals surface area (Å²) in [5.41, 5.74) is 0. The molecule has 5 nitrogen and oxygen atoms in total. The highest BCUT2D eigenvalue weighted by Crippen LogP contribution is 2.13. The van der Waals surface area contributed by atoms with E-state index in [1.54, 1.807) is 0 Å². The van der Waals surface area contributed by atoms with Crippen molar-refractivity contribution in [3.05, 3.63) is 11.9 Å². The number of nitrogens with zero attached hydrogens (tertiary/aromatic N) is 2. The summed E-state index contributed by atoms with van der Waals surface area (Å²) in [4.78, 5) is 8.74. The first-order valence-electron chi connectivity index (χ1n) is 7.13. The lowest BCUT2D eigenvalue weighted by Gasteiger charge is -2.15. The van der Waals surface area contributed by atoms with E-state index >= 15 is 0 Å². The number of aliphatic hydroxyl groups is 1. The fraction of sp³-hybridized carbons (Fsp3) is 0.714. The minimum atomic E-state index is 0.242.